The molecule has 1 N–H and O–H groups in total. The van der Waals surface area contributed by atoms with E-state index in [9.17, 15) is 0 Å². The zero-order chi connectivity index (χ0) is 13.4. The van der Waals surface area contributed by atoms with Gasteiger partial charge in [0.25, 0.3) is 5.78 Å². The van der Waals surface area contributed by atoms with E-state index in [-0.39, 0.29) is 0 Å². The van der Waals surface area contributed by atoms with Gasteiger partial charge in [0, 0.05) is 24.7 Å². The Labute approximate surface area is 116 Å². The predicted molar refractivity (Wildman–Crippen MR) is 74.5 cm³/mol. The van der Waals surface area contributed by atoms with E-state index in [0.29, 0.717) is 17.0 Å². The maximum Gasteiger partial charge on any atom is 0.255 e. The molecule has 19 heavy (non-hydrogen) atoms. The number of nitrogens with zero attached hydrogens (tertiary/aromatic N) is 5. The molecule has 7 heteroatoms. The lowest BCUT2D eigenvalue weighted by Crippen LogP contribution is -2.36. The fraction of sp³-hybridized carbons (Fsp3) is 0.583. The fourth-order valence-corrected chi connectivity index (χ4v) is 2.33. The van der Waals surface area contributed by atoms with Crippen LogP contribution in [0.25, 0.3) is 5.78 Å². The monoisotopic (exact) mass is 280 g/mol. The van der Waals surface area contributed by atoms with E-state index in [0.717, 1.165) is 18.4 Å². The van der Waals surface area contributed by atoms with Crippen LogP contribution < -0.4 is 5.32 Å². The van der Waals surface area contributed by atoms with Gasteiger partial charge in [0.05, 0.1) is 0 Å². The van der Waals surface area contributed by atoms with Gasteiger partial charge in [-0.2, -0.15) is 19.6 Å². The second-order valence-electron chi connectivity index (χ2n) is 5.06. The van der Waals surface area contributed by atoms with Gasteiger partial charge in [0.1, 0.15) is 17.3 Å². The SMILES string of the molecule is CC(CNc1cc(Cl)nc2ncnn12)N(C)C1CC1. The van der Waals surface area contributed by atoms with Crippen molar-refractivity contribution in [2.24, 2.45) is 0 Å². The molecule has 1 aliphatic rings. The van der Waals surface area contributed by atoms with Gasteiger partial charge in [0.2, 0.25) is 0 Å². The highest BCUT2D eigenvalue weighted by Crippen LogP contribution is 2.27. The van der Waals surface area contributed by atoms with Crippen LogP contribution in [-0.2, 0) is 0 Å². The minimum atomic E-state index is 0.422. The third-order valence-electron chi connectivity index (χ3n) is 3.62. The third kappa shape index (κ3) is 2.64. The number of fused-ring (bicyclic) bond motifs is 1. The van der Waals surface area contributed by atoms with Crippen molar-refractivity contribution < 1.29 is 0 Å². The summed E-state index contributed by atoms with van der Waals surface area (Å²) < 4.78 is 1.66. The molecule has 2 aromatic rings. The highest BCUT2D eigenvalue weighted by atomic mass is 35.5. The molecule has 0 amide bonds. The zero-order valence-corrected chi connectivity index (χ0v) is 11.8. The Morgan fingerprint density at radius 2 is 2.37 bits per heavy atom. The highest BCUT2D eigenvalue weighted by molar-refractivity contribution is 6.29. The number of hydrogen-bond donors (Lipinski definition) is 1. The van der Waals surface area contributed by atoms with E-state index in [2.05, 4.69) is 39.3 Å². The number of hydrogen-bond acceptors (Lipinski definition) is 5. The van der Waals surface area contributed by atoms with E-state index < -0.39 is 0 Å². The molecule has 2 aromatic heterocycles. The average molecular weight is 281 g/mol. The molecule has 1 aliphatic carbocycles. The number of rotatable bonds is 5. The summed E-state index contributed by atoms with van der Waals surface area (Å²) in [5.74, 6) is 1.33. The Morgan fingerprint density at radius 1 is 1.58 bits per heavy atom. The quantitative estimate of drug-likeness (QED) is 0.845. The maximum absolute atomic E-state index is 5.98. The zero-order valence-electron chi connectivity index (χ0n) is 11.0. The van der Waals surface area contributed by atoms with Gasteiger partial charge in [-0.3, -0.25) is 4.90 Å². The van der Waals surface area contributed by atoms with Crippen LogP contribution in [0.3, 0.4) is 0 Å². The molecule has 2 heterocycles. The molecule has 0 saturated heterocycles. The van der Waals surface area contributed by atoms with Gasteiger partial charge in [-0.25, -0.2) is 0 Å². The van der Waals surface area contributed by atoms with Crippen LogP contribution >= 0.6 is 11.6 Å². The van der Waals surface area contributed by atoms with Crippen LogP contribution in [0.5, 0.6) is 0 Å². The minimum absolute atomic E-state index is 0.422. The van der Waals surface area contributed by atoms with Crippen LogP contribution in [0.1, 0.15) is 19.8 Å². The van der Waals surface area contributed by atoms with E-state index in [1.807, 2.05) is 0 Å². The Balaban J connectivity index is 1.72. The first-order valence-corrected chi connectivity index (χ1v) is 6.85. The normalized spacial score (nSPS) is 17.1. The molecule has 0 spiro atoms. The van der Waals surface area contributed by atoms with Crippen LogP contribution in [0.2, 0.25) is 5.15 Å². The molecule has 1 unspecified atom stereocenters. The molecule has 1 saturated carbocycles. The number of aromatic nitrogens is 4. The number of nitrogens with one attached hydrogen (secondary N) is 1. The van der Waals surface area contributed by atoms with E-state index >= 15 is 0 Å². The fourth-order valence-electron chi connectivity index (χ4n) is 2.15. The van der Waals surface area contributed by atoms with Crippen molar-refractivity contribution in [3.63, 3.8) is 0 Å². The van der Waals surface area contributed by atoms with Crippen molar-refractivity contribution in [3.05, 3.63) is 17.5 Å². The molecule has 0 radical (unpaired) electrons. The van der Waals surface area contributed by atoms with Gasteiger partial charge in [-0.05, 0) is 26.8 Å². The maximum atomic E-state index is 5.98. The lowest BCUT2D eigenvalue weighted by molar-refractivity contribution is 0.257. The van der Waals surface area contributed by atoms with Gasteiger partial charge in [0.15, 0.2) is 0 Å². The summed E-state index contributed by atoms with van der Waals surface area (Å²) in [6.45, 7) is 3.05. The Morgan fingerprint density at radius 3 is 3.11 bits per heavy atom. The van der Waals surface area contributed by atoms with Gasteiger partial charge in [-0.1, -0.05) is 11.6 Å². The van der Waals surface area contributed by atoms with E-state index in [1.165, 1.54) is 19.2 Å². The van der Waals surface area contributed by atoms with Gasteiger partial charge < -0.3 is 5.32 Å². The molecule has 0 aliphatic heterocycles. The third-order valence-corrected chi connectivity index (χ3v) is 3.81. The first-order chi connectivity index (χ1) is 9.15. The van der Waals surface area contributed by atoms with Crippen molar-refractivity contribution in [3.8, 4) is 0 Å². The van der Waals surface area contributed by atoms with Crippen LogP contribution in [0.15, 0.2) is 12.4 Å². The molecule has 6 nitrogen and oxygen atoms in total. The minimum Gasteiger partial charge on any atom is -0.368 e. The van der Waals surface area contributed by atoms with E-state index in [1.54, 1.807) is 10.6 Å². The summed E-state index contributed by atoms with van der Waals surface area (Å²) in [5, 5.41) is 7.93. The second-order valence-corrected chi connectivity index (χ2v) is 5.45. The molecule has 102 valence electrons. The number of likely N-dealkylation sites (N-methyl/N-ethyl adjacent to an activating group) is 1. The molecular weight excluding hydrogens is 264 g/mol. The highest BCUT2D eigenvalue weighted by Gasteiger charge is 2.28. The van der Waals surface area contributed by atoms with Crippen molar-refractivity contribution in [2.75, 3.05) is 18.9 Å². The van der Waals surface area contributed by atoms with Crippen molar-refractivity contribution in [2.45, 2.75) is 31.8 Å². The Kier molecular flexibility index (Phi) is 3.28. The Bertz CT molecular complexity index is 579. The largest absolute Gasteiger partial charge is 0.368 e. The molecule has 1 atom stereocenters. The molecular formula is C12H17ClN6. The summed E-state index contributed by atoms with van der Waals surface area (Å²) in [7, 11) is 2.18. The number of halogens is 1. The van der Waals surface area contributed by atoms with Crippen molar-refractivity contribution in [1.29, 1.82) is 0 Å². The molecule has 3 rings (SSSR count). The molecule has 0 aromatic carbocycles. The summed E-state index contributed by atoms with van der Waals surface area (Å²) in [6.07, 6.45) is 4.11. The first-order valence-electron chi connectivity index (χ1n) is 6.47. The average Bonchev–Trinajstić information content (AvgIpc) is 3.13. The lowest BCUT2D eigenvalue weighted by Gasteiger charge is -2.25. The molecule has 1 fully saturated rings. The smallest absolute Gasteiger partial charge is 0.255 e. The van der Waals surface area contributed by atoms with Crippen molar-refractivity contribution in [1.82, 2.24) is 24.5 Å². The van der Waals surface area contributed by atoms with Gasteiger partial charge >= 0.3 is 0 Å². The van der Waals surface area contributed by atoms with Crippen molar-refractivity contribution >= 4 is 23.2 Å². The van der Waals surface area contributed by atoms with Crippen LogP contribution in [-0.4, -0.2) is 50.2 Å². The van der Waals surface area contributed by atoms with Gasteiger partial charge in [-0.15, -0.1) is 0 Å². The molecule has 0 bridgehead atoms. The van der Waals surface area contributed by atoms with E-state index in [4.69, 9.17) is 11.6 Å². The Hall–Kier alpha value is -1.40. The van der Waals surface area contributed by atoms with Crippen LogP contribution in [0.4, 0.5) is 5.82 Å². The topological polar surface area (TPSA) is 58.4 Å². The predicted octanol–water partition coefficient (Wildman–Crippen LogP) is 1.67. The lowest BCUT2D eigenvalue weighted by atomic mass is 10.3. The first kappa shape index (κ1) is 12.6. The summed E-state index contributed by atoms with van der Waals surface area (Å²) >= 11 is 5.98. The summed E-state index contributed by atoms with van der Waals surface area (Å²) in [4.78, 5) is 10.6. The number of anilines is 1. The van der Waals surface area contributed by atoms with Crippen LogP contribution in [0, 0.1) is 0 Å². The standard InChI is InChI=1S/C12H17ClN6/c1-8(18(2)9-3-4-9)6-14-11-5-10(13)17-12-15-7-16-19(11)12/h5,7-9,14H,3-4,6H2,1-2H3. The second kappa shape index (κ2) is 4.94. The summed E-state index contributed by atoms with van der Waals surface area (Å²) in [5.41, 5.74) is 0. The summed E-state index contributed by atoms with van der Waals surface area (Å²) in [6, 6.07) is 2.98.